The number of ketones is 1. The van der Waals surface area contributed by atoms with Gasteiger partial charge in [-0.1, -0.05) is 84.9 Å². The van der Waals surface area contributed by atoms with Crippen molar-refractivity contribution in [2.45, 2.75) is 174 Å². The van der Waals surface area contributed by atoms with Crippen molar-refractivity contribution in [1.29, 1.82) is 0 Å². The van der Waals surface area contributed by atoms with Crippen molar-refractivity contribution in [2.24, 2.45) is 34.8 Å². The van der Waals surface area contributed by atoms with Gasteiger partial charge in [0.2, 0.25) is 23.5 Å². The van der Waals surface area contributed by atoms with Gasteiger partial charge in [-0.15, -0.1) is 0 Å². The Balaban J connectivity index is 1.38. The lowest BCUT2D eigenvalue weighted by Gasteiger charge is -2.44. The zero-order valence-electron chi connectivity index (χ0n) is 34.6. The van der Waals surface area contributed by atoms with Crippen LogP contribution in [0, 0.1) is 29.1 Å². The second-order valence-corrected chi connectivity index (χ2v) is 19.5. The molecule has 14 heteroatoms. The number of rotatable bonds is 14. The van der Waals surface area contributed by atoms with E-state index in [1.165, 1.54) is 0 Å². The first kappa shape index (κ1) is 43.0. The molecular weight excluding hydrogens is 699 g/mol. The molecule has 308 valence electrons. The second kappa shape index (κ2) is 18.0. The number of nitrogens with two attached hydrogens (primary N) is 1. The van der Waals surface area contributed by atoms with Crippen molar-refractivity contribution < 1.29 is 33.5 Å². The molecule has 3 aliphatic carbocycles. The average Bonchev–Trinajstić information content (AvgIpc) is 3.52. The van der Waals surface area contributed by atoms with Crippen LogP contribution in [0.3, 0.4) is 0 Å². The maximum atomic E-state index is 14.9. The number of ether oxygens (including phenoxy) is 1. The van der Waals surface area contributed by atoms with Crippen LogP contribution in [0.5, 0.6) is 0 Å². The molecule has 5 N–H and O–H groups in total. The topological polar surface area (TPSA) is 180 Å². The summed E-state index contributed by atoms with van der Waals surface area (Å²) < 4.78 is 5.89. The van der Waals surface area contributed by atoms with Crippen LogP contribution in [-0.4, -0.2) is 108 Å². The standard InChI is InChI=1S/C41H69BN6O7/c1-24-21-47(22-25(2)55-24)37(52)32(27-15-9-8-10-16-27)45-39(54)46-34(42-40(3,4)5)38(53)48-23-29(41(6,7)28-17-12-18-28)20-31(48)36(51)44-30(33(49)35(43)50)19-26-13-11-14-26/h24-32,34,42H,8-23H2,1-7H3,(H2,43,50)(H,44,51)(H2,45,46,54)/t24-,25+,29?,30?,31-,32-,34?/m0/s1. The molecule has 3 saturated carbocycles. The third-order valence-electron chi connectivity index (χ3n) is 13.6. The number of Topliss-reactive ketones (excluding diaryl/α,β-unsaturated/α-hetero) is 1. The van der Waals surface area contributed by atoms with Crippen molar-refractivity contribution in [3.05, 3.63) is 0 Å². The summed E-state index contributed by atoms with van der Waals surface area (Å²) in [5.74, 6) is -3.18. The summed E-state index contributed by atoms with van der Waals surface area (Å²) in [6.45, 7) is 15.6. The monoisotopic (exact) mass is 769 g/mol. The largest absolute Gasteiger partial charge is 0.372 e. The van der Waals surface area contributed by atoms with E-state index in [4.69, 9.17) is 10.5 Å². The van der Waals surface area contributed by atoms with E-state index in [1.807, 2.05) is 34.6 Å². The Kier molecular flexibility index (Phi) is 14.0. The number of hydrogen-bond donors (Lipinski definition) is 4. The maximum Gasteiger partial charge on any atom is 0.315 e. The second-order valence-electron chi connectivity index (χ2n) is 19.5. The number of carbonyl (C=O) groups excluding carboxylic acids is 6. The van der Waals surface area contributed by atoms with Gasteiger partial charge in [-0.2, -0.15) is 0 Å². The van der Waals surface area contributed by atoms with Crippen molar-refractivity contribution in [3.63, 3.8) is 0 Å². The molecule has 0 bridgehead atoms. The summed E-state index contributed by atoms with van der Waals surface area (Å²) in [4.78, 5) is 85.8. The number of carbonyl (C=O) groups is 6. The molecule has 5 fully saturated rings. The molecule has 2 aliphatic heterocycles. The molecule has 5 rings (SSSR count). The minimum absolute atomic E-state index is 0.00477. The summed E-state index contributed by atoms with van der Waals surface area (Å²) in [6.07, 6.45) is 11.5. The van der Waals surface area contributed by atoms with Gasteiger partial charge in [0.15, 0.2) is 7.28 Å². The molecule has 7 atom stereocenters. The first-order valence-corrected chi connectivity index (χ1v) is 21.3. The Hall–Kier alpha value is -3.16. The van der Waals surface area contributed by atoms with Gasteiger partial charge in [-0.05, 0) is 81.5 Å². The first-order chi connectivity index (χ1) is 25.8. The average molecular weight is 769 g/mol. The van der Waals surface area contributed by atoms with Gasteiger partial charge in [-0.3, -0.25) is 24.0 Å². The molecular formula is C41H69BN6O7. The fraction of sp³-hybridized carbons (Fsp3) is 0.854. The number of nitrogens with zero attached hydrogens (tertiary/aromatic N) is 2. The number of amides is 6. The molecule has 55 heavy (non-hydrogen) atoms. The molecule has 0 aromatic heterocycles. The van der Waals surface area contributed by atoms with Gasteiger partial charge in [0.05, 0.1) is 24.2 Å². The normalized spacial score (nSPS) is 27.2. The molecule has 3 unspecified atom stereocenters. The lowest BCUT2D eigenvalue weighted by molar-refractivity contribution is -0.146. The smallest absolute Gasteiger partial charge is 0.315 e. The highest BCUT2D eigenvalue weighted by Crippen LogP contribution is 2.50. The van der Waals surface area contributed by atoms with E-state index in [0.29, 0.717) is 45.7 Å². The SMILES string of the molecule is C[C@@H]1CN(C(=O)[C@@H](NC(=O)NC(BC(C)(C)C)C(=O)N2CC(C(C)(C)C3CCC3)C[C@H]2C(=O)NC(CC2CCC2)C(=O)C(N)=O)C2CCCCC2)C[C@H](C)O1. The number of morpholine rings is 1. The highest BCUT2D eigenvalue weighted by Gasteiger charge is 2.51. The van der Waals surface area contributed by atoms with Crippen LogP contribution in [0.15, 0.2) is 0 Å². The molecule has 5 aliphatic rings. The predicted molar refractivity (Wildman–Crippen MR) is 212 cm³/mol. The van der Waals surface area contributed by atoms with Crippen molar-refractivity contribution in [3.8, 4) is 0 Å². The summed E-state index contributed by atoms with van der Waals surface area (Å²) >= 11 is 0. The maximum absolute atomic E-state index is 14.9. The third-order valence-corrected chi connectivity index (χ3v) is 13.6. The number of hydrogen-bond acceptors (Lipinski definition) is 7. The van der Waals surface area contributed by atoms with Crippen LogP contribution in [0.1, 0.15) is 132 Å². The quantitative estimate of drug-likeness (QED) is 0.154. The van der Waals surface area contributed by atoms with Gasteiger partial charge in [-0.25, -0.2) is 4.79 Å². The van der Waals surface area contributed by atoms with Gasteiger partial charge in [0.25, 0.3) is 5.91 Å². The van der Waals surface area contributed by atoms with Crippen LogP contribution >= 0.6 is 0 Å². The fourth-order valence-electron chi connectivity index (χ4n) is 9.84. The van der Waals surface area contributed by atoms with E-state index in [-0.39, 0.29) is 52.5 Å². The number of nitrogens with one attached hydrogen (secondary N) is 3. The summed E-state index contributed by atoms with van der Waals surface area (Å²) in [5, 5.41) is 8.50. The molecule has 2 saturated heterocycles. The Bertz CT molecular complexity index is 1410. The van der Waals surface area contributed by atoms with E-state index in [9.17, 15) is 28.8 Å². The molecule has 0 spiro atoms. The van der Waals surface area contributed by atoms with Crippen LogP contribution in [0.4, 0.5) is 4.79 Å². The molecule has 0 aromatic carbocycles. The molecule has 0 aromatic rings. The van der Waals surface area contributed by atoms with E-state index in [2.05, 4.69) is 29.8 Å². The highest BCUT2D eigenvalue weighted by atomic mass is 16.5. The van der Waals surface area contributed by atoms with E-state index in [1.54, 1.807) is 9.80 Å². The fourth-order valence-corrected chi connectivity index (χ4v) is 9.84. The lowest BCUT2D eigenvalue weighted by atomic mass is 9.50. The Morgan fingerprint density at radius 3 is 1.91 bits per heavy atom. The van der Waals surface area contributed by atoms with Gasteiger partial charge in [0.1, 0.15) is 12.1 Å². The summed E-state index contributed by atoms with van der Waals surface area (Å²) in [5.41, 5.74) is 5.28. The number of likely N-dealkylation sites (tertiary alicyclic amines) is 1. The van der Waals surface area contributed by atoms with Crippen molar-refractivity contribution >= 4 is 42.7 Å². The minimum atomic E-state index is -1.09. The van der Waals surface area contributed by atoms with Gasteiger partial charge < -0.3 is 36.2 Å². The van der Waals surface area contributed by atoms with Crippen LogP contribution < -0.4 is 21.7 Å². The van der Waals surface area contributed by atoms with E-state index >= 15 is 0 Å². The summed E-state index contributed by atoms with van der Waals surface area (Å²) in [7, 11) is 0.297. The van der Waals surface area contributed by atoms with Gasteiger partial charge in [0, 0.05) is 19.6 Å². The third kappa shape index (κ3) is 10.8. The predicted octanol–water partition coefficient (Wildman–Crippen LogP) is 3.62. The summed E-state index contributed by atoms with van der Waals surface area (Å²) in [6, 6.07) is -3.26. The molecule has 2 heterocycles. The lowest BCUT2D eigenvalue weighted by Crippen LogP contribution is -2.62. The van der Waals surface area contributed by atoms with Crippen molar-refractivity contribution in [2.75, 3.05) is 19.6 Å². The minimum Gasteiger partial charge on any atom is -0.372 e. The highest BCUT2D eigenvalue weighted by molar-refractivity contribution is 6.48. The zero-order valence-corrected chi connectivity index (χ0v) is 34.6. The Morgan fingerprint density at radius 2 is 1.38 bits per heavy atom. The van der Waals surface area contributed by atoms with Crippen LogP contribution in [-0.2, 0) is 28.7 Å². The molecule has 0 radical (unpaired) electrons. The van der Waals surface area contributed by atoms with Crippen LogP contribution in [0.2, 0.25) is 5.31 Å². The van der Waals surface area contributed by atoms with E-state index in [0.717, 1.165) is 70.6 Å². The van der Waals surface area contributed by atoms with E-state index < -0.39 is 47.7 Å². The Morgan fingerprint density at radius 1 is 0.764 bits per heavy atom. The van der Waals surface area contributed by atoms with Gasteiger partial charge >= 0.3 is 6.03 Å². The zero-order chi connectivity index (χ0) is 40.2. The first-order valence-electron chi connectivity index (χ1n) is 21.3. The number of primary amides is 1. The molecule has 13 nitrogen and oxygen atoms in total. The Labute approximate surface area is 329 Å². The van der Waals surface area contributed by atoms with Crippen LogP contribution in [0.25, 0.3) is 0 Å². The molecule has 6 amide bonds. The van der Waals surface area contributed by atoms with Crippen molar-refractivity contribution in [1.82, 2.24) is 25.8 Å². The number of urea groups is 1.